The second kappa shape index (κ2) is 5.40. The maximum absolute atomic E-state index is 13.0. The lowest BCUT2D eigenvalue weighted by Gasteiger charge is -2.26. The van der Waals surface area contributed by atoms with E-state index in [2.05, 4.69) is 15.4 Å². The smallest absolute Gasteiger partial charge is 0.274 e. The number of hydrogen-bond donors (Lipinski definition) is 1. The monoisotopic (exact) mass is 351 g/mol. The fraction of sp³-hybridized carbons (Fsp3) is 0.474. The third-order valence-electron chi connectivity index (χ3n) is 5.75. The summed E-state index contributed by atoms with van der Waals surface area (Å²) in [4.78, 5) is 32.0. The third kappa shape index (κ3) is 2.34. The maximum Gasteiger partial charge on any atom is 0.274 e. The lowest BCUT2D eigenvalue weighted by atomic mass is 10.2. The number of carbonyl (C=O) groups excluding carboxylic acids is 2. The van der Waals surface area contributed by atoms with Gasteiger partial charge in [-0.2, -0.15) is 5.10 Å². The molecule has 0 radical (unpaired) electrons. The molecule has 2 aromatic rings. The molecule has 0 aromatic carbocycles. The summed E-state index contributed by atoms with van der Waals surface area (Å²) in [5.41, 5.74) is 2.27. The van der Waals surface area contributed by atoms with Crippen LogP contribution < -0.4 is 5.32 Å². The largest absolute Gasteiger partial charge is 0.354 e. The van der Waals surface area contributed by atoms with Crippen LogP contribution in [-0.2, 0) is 18.4 Å². The molecule has 7 heteroatoms. The van der Waals surface area contributed by atoms with Gasteiger partial charge >= 0.3 is 0 Å². The highest BCUT2D eigenvalue weighted by Crippen LogP contribution is 2.46. The molecule has 134 valence electrons. The van der Waals surface area contributed by atoms with Gasteiger partial charge in [0.15, 0.2) is 0 Å². The number of rotatable bonds is 5. The standard InChI is InChI=1S/C19H21N5O2/c1-23-15(6-9-21-23)14-5-4-13-11-24(17(25)16(13)22-14)19(7-8-19)18(26)20-10-12-2-3-12/h4-6,9,12H,2-3,7-8,10-11H2,1H3,(H,20,26). The van der Waals surface area contributed by atoms with Gasteiger partial charge in [-0.25, -0.2) is 4.98 Å². The molecule has 2 amide bonds. The number of pyridine rings is 1. The predicted molar refractivity (Wildman–Crippen MR) is 94.0 cm³/mol. The molecule has 0 saturated heterocycles. The normalized spacial score (nSPS) is 20.2. The van der Waals surface area contributed by atoms with Gasteiger partial charge in [0.2, 0.25) is 5.91 Å². The summed E-state index contributed by atoms with van der Waals surface area (Å²) in [5, 5.41) is 7.21. The molecule has 1 N–H and O–H groups in total. The van der Waals surface area contributed by atoms with Crippen molar-refractivity contribution >= 4 is 11.8 Å². The molecule has 2 saturated carbocycles. The van der Waals surface area contributed by atoms with Gasteiger partial charge in [-0.05, 0) is 43.7 Å². The van der Waals surface area contributed by atoms with Crippen LogP contribution in [0.25, 0.3) is 11.4 Å². The molecule has 3 aliphatic rings. The van der Waals surface area contributed by atoms with Crippen LogP contribution in [0.1, 0.15) is 41.7 Å². The summed E-state index contributed by atoms with van der Waals surface area (Å²) in [6.07, 6.45) is 5.57. The summed E-state index contributed by atoms with van der Waals surface area (Å²) in [6.45, 7) is 1.20. The van der Waals surface area contributed by atoms with Crippen LogP contribution in [0.2, 0.25) is 0 Å². The van der Waals surface area contributed by atoms with E-state index < -0.39 is 5.54 Å². The van der Waals surface area contributed by atoms with Crippen molar-refractivity contribution in [1.82, 2.24) is 25.0 Å². The molecule has 2 aromatic heterocycles. The van der Waals surface area contributed by atoms with Crippen LogP contribution in [0, 0.1) is 5.92 Å². The molecule has 0 bridgehead atoms. The highest BCUT2D eigenvalue weighted by atomic mass is 16.2. The fourth-order valence-electron chi connectivity index (χ4n) is 3.75. The minimum Gasteiger partial charge on any atom is -0.354 e. The Bertz CT molecular complexity index is 910. The average Bonchev–Trinajstić information content (AvgIpc) is 3.56. The predicted octanol–water partition coefficient (Wildman–Crippen LogP) is 1.50. The van der Waals surface area contributed by atoms with E-state index in [0.29, 0.717) is 18.2 Å². The summed E-state index contributed by atoms with van der Waals surface area (Å²) in [7, 11) is 1.85. The SMILES string of the molecule is Cn1nccc1-c1ccc2c(n1)C(=O)N(C1(C(=O)NCC3CC3)CC1)C2. The van der Waals surface area contributed by atoms with Crippen LogP contribution in [-0.4, -0.2) is 43.6 Å². The van der Waals surface area contributed by atoms with Crippen molar-refractivity contribution in [3.8, 4) is 11.4 Å². The fourth-order valence-corrected chi connectivity index (χ4v) is 3.75. The van der Waals surface area contributed by atoms with E-state index in [0.717, 1.165) is 36.3 Å². The van der Waals surface area contributed by atoms with Gasteiger partial charge in [-0.1, -0.05) is 6.07 Å². The Balaban J connectivity index is 1.40. The Labute approximate surface area is 151 Å². The highest BCUT2D eigenvalue weighted by molar-refractivity contribution is 6.02. The van der Waals surface area contributed by atoms with Crippen molar-refractivity contribution in [1.29, 1.82) is 0 Å². The zero-order valence-electron chi connectivity index (χ0n) is 14.7. The van der Waals surface area contributed by atoms with Gasteiger partial charge in [-0.3, -0.25) is 14.3 Å². The molecular formula is C19H21N5O2. The number of amides is 2. The van der Waals surface area contributed by atoms with Crippen molar-refractivity contribution in [3.05, 3.63) is 35.7 Å². The average molecular weight is 351 g/mol. The Hall–Kier alpha value is -2.70. The highest BCUT2D eigenvalue weighted by Gasteiger charge is 2.58. The van der Waals surface area contributed by atoms with Crippen molar-refractivity contribution < 1.29 is 9.59 Å². The lowest BCUT2D eigenvalue weighted by Crippen LogP contribution is -2.49. The van der Waals surface area contributed by atoms with Gasteiger partial charge in [0.25, 0.3) is 5.91 Å². The van der Waals surface area contributed by atoms with Gasteiger partial charge in [0.05, 0.1) is 11.4 Å². The molecular weight excluding hydrogens is 330 g/mol. The van der Waals surface area contributed by atoms with Crippen molar-refractivity contribution in [2.45, 2.75) is 37.8 Å². The van der Waals surface area contributed by atoms with Gasteiger partial charge < -0.3 is 10.2 Å². The van der Waals surface area contributed by atoms with Gasteiger partial charge in [-0.15, -0.1) is 0 Å². The molecule has 2 fully saturated rings. The number of aryl methyl sites for hydroxylation is 1. The zero-order chi connectivity index (χ0) is 17.9. The summed E-state index contributed by atoms with van der Waals surface area (Å²) in [6, 6.07) is 5.74. The van der Waals surface area contributed by atoms with Crippen molar-refractivity contribution in [2.24, 2.45) is 13.0 Å². The molecule has 7 nitrogen and oxygen atoms in total. The number of carbonyl (C=O) groups is 2. The molecule has 0 atom stereocenters. The van der Waals surface area contributed by atoms with Crippen molar-refractivity contribution in [3.63, 3.8) is 0 Å². The van der Waals surface area contributed by atoms with Crippen molar-refractivity contribution in [2.75, 3.05) is 6.54 Å². The van der Waals surface area contributed by atoms with E-state index in [1.807, 2.05) is 25.2 Å². The van der Waals surface area contributed by atoms with Crippen LogP contribution >= 0.6 is 0 Å². The molecule has 1 aliphatic heterocycles. The molecule has 2 aliphatic carbocycles. The summed E-state index contributed by atoms with van der Waals surface area (Å²) in [5.74, 6) is 0.491. The summed E-state index contributed by atoms with van der Waals surface area (Å²) >= 11 is 0. The molecule has 0 unspecified atom stereocenters. The molecule has 0 spiro atoms. The second-order valence-corrected chi connectivity index (χ2v) is 7.62. The topological polar surface area (TPSA) is 80.1 Å². The Morgan fingerprint density at radius 2 is 2.12 bits per heavy atom. The first-order valence-electron chi connectivity index (χ1n) is 9.17. The summed E-state index contributed by atoms with van der Waals surface area (Å²) < 4.78 is 1.74. The minimum atomic E-state index is -0.667. The van der Waals surface area contributed by atoms with E-state index in [-0.39, 0.29) is 11.8 Å². The van der Waals surface area contributed by atoms with Crippen LogP contribution in [0.5, 0.6) is 0 Å². The number of hydrogen-bond acceptors (Lipinski definition) is 4. The van der Waals surface area contributed by atoms with Gasteiger partial charge in [0.1, 0.15) is 11.2 Å². The number of nitrogens with one attached hydrogen (secondary N) is 1. The third-order valence-corrected chi connectivity index (χ3v) is 5.75. The first-order chi connectivity index (χ1) is 12.6. The van der Waals surface area contributed by atoms with Crippen LogP contribution in [0.4, 0.5) is 0 Å². The Kier molecular flexibility index (Phi) is 3.23. The number of nitrogens with zero attached hydrogens (tertiary/aromatic N) is 4. The van der Waals surface area contributed by atoms with E-state index in [9.17, 15) is 9.59 Å². The first kappa shape index (κ1) is 15.5. The molecule has 3 heterocycles. The Morgan fingerprint density at radius 1 is 1.31 bits per heavy atom. The lowest BCUT2D eigenvalue weighted by molar-refractivity contribution is -0.127. The number of aromatic nitrogens is 3. The van der Waals surface area contributed by atoms with Crippen LogP contribution in [0.3, 0.4) is 0 Å². The van der Waals surface area contributed by atoms with E-state index in [4.69, 9.17) is 0 Å². The van der Waals surface area contributed by atoms with Gasteiger partial charge in [0, 0.05) is 31.9 Å². The van der Waals surface area contributed by atoms with E-state index in [1.54, 1.807) is 15.8 Å². The quantitative estimate of drug-likeness (QED) is 0.885. The maximum atomic E-state index is 13.0. The van der Waals surface area contributed by atoms with E-state index >= 15 is 0 Å². The van der Waals surface area contributed by atoms with Crippen LogP contribution in [0.15, 0.2) is 24.4 Å². The molecule has 26 heavy (non-hydrogen) atoms. The van der Waals surface area contributed by atoms with E-state index in [1.165, 1.54) is 12.8 Å². The minimum absolute atomic E-state index is 0.00239. The number of fused-ring (bicyclic) bond motifs is 1. The Morgan fingerprint density at radius 3 is 2.77 bits per heavy atom. The molecule has 5 rings (SSSR count). The zero-order valence-corrected chi connectivity index (χ0v) is 14.7. The first-order valence-corrected chi connectivity index (χ1v) is 9.17. The second-order valence-electron chi connectivity index (χ2n) is 7.62.